The quantitative estimate of drug-likeness (QED) is 0.862. The highest BCUT2D eigenvalue weighted by Gasteiger charge is 2.12. The predicted octanol–water partition coefficient (Wildman–Crippen LogP) is 3.54. The first-order chi connectivity index (χ1) is 8.58. The second-order valence-electron chi connectivity index (χ2n) is 3.76. The Morgan fingerprint density at radius 3 is 2.83 bits per heavy atom. The molecule has 0 aliphatic carbocycles. The first-order valence-electron chi connectivity index (χ1n) is 5.26. The van der Waals surface area contributed by atoms with E-state index in [1.54, 1.807) is 12.1 Å². The molecule has 1 N–H and O–H groups in total. The van der Waals surface area contributed by atoms with Crippen molar-refractivity contribution in [2.45, 2.75) is 6.92 Å². The molecule has 0 saturated carbocycles. The predicted molar refractivity (Wildman–Crippen MR) is 71.0 cm³/mol. The number of halogens is 2. The van der Waals surface area contributed by atoms with E-state index in [0.29, 0.717) is 5.69 Å². The van der Waals surface area contributed by atoms with Crippen LogP contribution in [0.5, 0.6) is 0 Å². The van der Waals surface area contributed by atoms with Gasteiger partial charge in [-0.1, -0.05) is 22.0 Å². The van der Waals surface area contributed by atoms with E-state index in [2.05, 4.69) is 26.2 Å². The maximum Gasteiger partial charge on any atom is 0.260 e. The molecule has 5 heteroatoms. The summed E-state index contributed by atoms with van der Waals surface area (Å²) in [6.07, 6.45) is 1.30. The molecular formula is C13H10BrFN2O. The van der Waals surface area contributed by atoms with Crippen molar-refractivity contribution in [2.24, 2.45) is 0 Å². The zero-order valence-electron chi connectivity index (χ0n) is 9.58. The molecule has 0 spiro atoms. The molecule has 0 saturated heterocycles. The van der Waals surface area contributed by atoms with E-state index in [9.17, 15) is 9.18 Å². The number of pyridine rings is 1. The van der Waals surface area contributed by atoms with Gasteiger partial charge in [-0.05, 0) is 36.8 Å². The minimum atomic E-state index is -0.777. The lowest BCUT2D eigenvalue weighted by molar-refractivity contribution is 0.102. The molecule has 1 aromatic heterocycles. The summed E-state index contributed by atoms with van der Waals surface area (Å²) in [4.78, 5) is 15.3. The number of benzene rings is 1. The van der Waals surface area contributed by atoms with Crippen molar-refractivity contribution >= 4 is 27.5 Å². The second-order valence-corrected chi connectivity index (χ2v) is 4.61. The van der Waals surface area contributed by atoms with Gasteiger partial charge >= 0.3 is 0 Å². The van der Waals surface area contributed by atoms with Gasteiger partial charge in [0.05, 0.1) is 5.56 Å². The van der Waals surface area contributed by atoms with E-state index in [1.807, 2.05) is 13.0 Å². The number of amides is 1. The van der Waals surface area contributed by atoms with Crippen molar-refractivity contribution in [3.05, 3.63) is 58.1 Å². The molecule has 1 aromatic carbocycles. The fourth-order valence-electron chi connectivity index (χ4n) is 1.42. The molecule has 0 fully saturated rings. The number of aromatic nitrogens is 1. The van der Waals surface area contributed by atoms with Crippen molar-refractivity contribution in [3.8, 4) is 0 Å². The largest absolute Gasteiger partial charge is 0.322 e. The minimum Gasteiger partial charge on any atom is -0.322 e. The molecule has 18 heavy (non-hydrogen) atoms. The Morgan fingerprint density at radius 1 is 1.39 bits per heavy atom. The summed E-state index contributed by atoms with van der Waals surface area (Å²) in [6, 6.07) is 8.29. The Morgan fingerprint density at radius 2 is 2.17 bits per heavy atom. The van der Waals surface area contributed by atoms with Crippen LogP contribution in [0.4, 0.5) is 10.1 Å². The molecule has 2 aromatic rings. The van der Waals surface area contributed by atoms with Crippen molar-refractivity contribution in [1.82, 2.24) is 4.98 Å². The van der Waals surface area contributed by atoms with Crippen molar-refractivity contribution < 1.29 is 9.18 Å². The third-order valence-electron chi connectivity index (χ3n) is 2.43. The van der Waals surface area contributed by atoms with Gasteiger partial charge in [0, 0.05) is 16.4 Å². The number of carbonyl (C=O) groups excluding carboxylic acids is 1. The number of hydrogen-bond donors (Lipinski definition) is 1. The standard InChI is InChI=1S/C13H10BrFN2O/c1-8-4-5-9(7-11(8)14)17-13(18)10-3-2-6-16-12(10)15/h2-7H,1H3,(H,17,18). The summed E-state index contributed by atoms with van der Waals surface area (Å²) in [6.45, 7) is 1.94. The maximum absolute atomic E-state index is 13.3. The number of carbonyl (C=O) groups is 1. The van der Waals surface area contributed by atoms with Gasteiger partial charge < -0.3 is 5.32 Å². The Labute approximate surface area is 112 Å². The number of rotatable bonds is 2. The van der Waals surface area contributed by atoms with Crippen LogP contribution in [0.15, 0.2) is 41.0 Å². The molecule has 0 unspecified atom stereocenters. The Balaban J connectivity index is 2.22. The van der Waals surface area contributed by atoms with Gasteiger partial charge in [-0.25, -0.2) is 4.98 Å². The Kier molecular flexibility index (Phi) is 3.72. The van der Waals surface area contributed by atoms with Gasteiger partial charge in [0.25, 0.3) is 5.91 Å². The number of nitrogens with one attached hydrogen (secondary N) is 1. The third-order valence-corrected chi connectivity index (χ3v) is 3.29. The van der Waals surface area contributed by atoms with Crippen LogP contribution in [0.1, 0.15) is 15.9 Å². The molecule has 0 aliphatic heterocycles. The highest BCUT2D eigenvalue weighted by molar-refractivity contribution is 9.10. The van der Waals surface area contributed by atoms with Gasteiger partial charge in [0.15, 0.2) is 0 Å². The molecule has 0 atom stereocenters. The zero-order valence-corrected chi connectivity index (χ0v) is 11.2. The fourth-order valence-corrected chi connectivity index (χ4v) is 1.80. The van der Waals surface area contributed by atoms with E-state index in [1.165, 1.54) is 18.3 Å². The molecule has 2 rings (SSSR count). The van der Waals surface area contributed by atoms with Crippen LogP contribution in [-0.4, -0.2) is 10.9 Å². The average Bonchev–Trinajstić information content (AvgIpc) is 2.34. The highest BCUT2D eigenvalue weighted by Crippen LogP contribution is 2.21. The monoisotopic (exact) mass is 308 g/mol. The molecule has 1 heterocycles. The Bertz CT molecular complexity index is 601. The van der Waals surface area contributed by atoms with Crippen LogP contribution in [0.25, 0.3) is 0 Å². The number of aryl methyl sites for hydroxylation is 1. The van der Waals surface area contributed by atoms with Crippen molar-refractivity contribution in [1.29, 1.82) is 0 Å². The van der Waals surface area contributed by atoms with Crippen LogP contribution in [-0.2, 0) is 0 Å². The summed E-state index contributed by atoms with van der Waals surface area (Å²) < 4.78 is 14.2. The Hall–Kier alpha value is -1.75. The molecule has 0 aliphatic rings. The first-order valence-corrected chi connectivity index (χ1v) is 6.05. The number of nitrogens with zero attached hydrogens (tertiary/aromatic N) is 1. The lowest BCUT2D eigenvalue weighted by Crippen LogP contribution is -2.14. The average molecular weight is 309 g/mol. The van der Waals surface area contributed by atoms with Crippen LogP contribution in [0.3, 0.4) is 0 Å². The van der Waals surface area contributed by atoms with Crippen LogP contribution >= 0.6 is 15.9 Å². The fraction of sp³-hybridized carbons (Fsp3) is 0.0769. The summed E-state index contributed by atoms with van der Waals surface area (Å²) in [7, 11) is 0. The third kappa shape index (κ3) is 2.73. The van der Waals surface area contributed by atoms with Gasteiger partial charge in [-0.3, -0.25) is 4.79 Å². The van der Waals surface area contributed by atoms with Gasteiger partial charge in [-0.15, -0.1) is 0 Å². The van der Waals surface area contributed by atoms with E-state index in [4.69, 9.17) is 0 Å². The molecule has 0 bridgehead atoms. The smallest absolute Gasteiger partial charge is 0.260 e. The summed E-state index contributed by atoms with van der Waals surface area (Å²) in [5.41, 5.74) is 1.58. The second kappa shape index (κ2) is 5.27. The van der Waals surface area contributed by atoms with Gasteiger partial charge in [0.2, 0.25) is 5.95 Å². The molecule has 92 valence electrons. The molecule has 1 amide bonds. The molecule has 0 radical (unpaired) electrons. The summed E-state index contributed by atoms with van der Waals surface area (Å²) in [5, 5.41) is 2.62. The van der Waals surface area contributed by atoms with Crippen LogP contribution < -0.4 is 5.32 Å². The highest BCUT2D eigenvalue weighted by atomic mass is 79.9. The number of anilines is 1. The SMILES string of the molecule is Cc1ccc(NC(=O)c2cccnc2F)cc1Br. The van der Waals surface area contributed by atoms with Crippen molar-refractivity contribution in [3.63, 3.8) is 0 Å². The van der Waals surface area contributed by atoms with Gasteiger partial charge in [0.1, 0.15) is 0 Å². The van der Waals surface area contributed by atoms with E-state index in [0.717, 1.165) is 10.0 Å². The van der Waals surface area contributed by atoms with E-state index < -0.39 is 11.9 Å². The molecular weight excluding hydrogens is 299 g/mol. The lowest BCUT2D eigenvalue weighted by atomic mass is 10.2. The van der Waals surface area contributed by atoms with E-state index in [-0.39, 0.29) is 5.56 Å². The van der Waals surface area contributed by atoms with Crippen LogP contribution in [0.2, 0.25) is 0 Å². The van der Waals surface area contributed by atoms with Gasteiger partial charge in [-0.2, -0.15) is 4.39 Å². The first kappa shape index (κ1) is 12.7. The normalized spacial score (nSPS) is 10.2. The maximum atomic E-state index is 13.3. The summed E-state index contributed by atoms with van der Waals surface area (Å²) >= 11 is 3.37. The summed E-state index contributed by atoms with van der Waals surface area (Å²) in [5.74, 6) is -1.29. The lowest BCUT2D eigenvalue weighted by Gasteiger charge is -2.07. The van der Waals surface area contributed by atoms with E-state index >= 15 is 0 Å². The minimum absolute atomic E-state index is 0.0748. The zero-order chi connectivity index (χ0) is 13.1. The topological polar surface area (TPSA) is 42.0 Å². The molecule has 3 nitrogen and oxygen atoms in total. The van der Waals surface area contributed by atoms with Crippen molar-refractivity contribution in [2.75, 3.05) is 5.32 Å². The van der Waals surface area contributed by atoms with Crippen LogP contribution in [0, 0.1) is 12.9 Å². The number of hydrogen-bond acceptors (Lipinski definition) is 2.